The molecule has 3 aromatic rings. The van der Waals surface area contributed by atoms with Crippen molar-refractivity contribution in [2.45, 2.75) is 0 Å². The number of carbonyl (C=O) groups excluding carboxylic acids is 2. The van der Waals surface area contributed by atoms with E-state index in [2.05, 4.69) is 10.2 Å². The third kappa shape index (κ3) is 4.50. The van der Waals surface area contributed by atoms with Crippen LogP contribution in [-0.4, -0.2) is 59.4 Å². The summed E-state index contributed by atoms with van der Waals surface area (Å²) in [5, 5.41) is 4.19. The van der Waals surface area contributed by atoms with E-state index in [0.717, 1.165) is 29.6 Å². The summed E-state index contributed by atoms with van der Waals surface area (Å²) < 4.78 is 2.01. The Hall–Kier alpha value is -3.09. The van der Waals surface area contributed by atoms with E-state index in [-0.39, 0.29) is 11.6 Å². The van der Waals surface area contributed by atoms with Crippen LogP contribution in [0.15, 0.2) is 60.4 Å². The summed E-state index contributed by atoms with van der Waals surface area (Å²) in [5.74, 6) is -0.596. The Morgan fingerprint density at radius 1 is 0.968 bits per heavy atom. The van der Waals surface area contributed by atoms with Crippen LogP contribution in [0.2, 0.25) is 5.02 Å². The molecule has 0 unspecified atom stereocenters. The molecule has 1 fully saturated rings. The Bertz CT molecular complexity index is 1160. The third-order valence-corrected chi connectivity index (χ3v) is 5.94. The Morgan fingerprint density at radius 2 is 1.65 bits per heavy atom. The van der Waals surface area contributed by atoms with Crippen molar-refractivity contribution >= 4 is 40.4 Å². The number of carbonyl (C=O) groups is 2. The Morgan fingerprint density at radius 3 is 2.39 bits per heavy atom. The quantitative estimate of drug-likeness (QED) is 0.638. The predicted molar refractivity (Wildman–Crippen MR) is 124 cm³/mol. The first-order valence-electron chi connectivity index (χ1n) is 10.2. The second kappa shape index (κ2) is 8.96. The summed E-state index contributed by atoms with van der Waals surface area (Å²) in [6.07, 6.45) is 3.72. The molecule has 1 aromatic heterocycles. The number of hydrogen-bond donors (Lipinski definition) is 1. The molecular weight excluding hydrogens is 412 g/mol. The van der Waals surface area contributed by atoms with Gasteiger partial charge in [0.25, 0.3) is 11.8 Å². The number of aryl methyl sites for hydroxylation is 1. The van der Waals surface area contributed by atoms with Crippen LogP contribution in [0.5, 0.6) is 0 Å². The standard InChI is InChI=1S/C24H25ClN4O2/c1-27-11-13-29(14-12-27)24(31)21(26-23(30)19-8-3-5-9-20(19)25)15-17-16-28(2)22-10-6-4-7-18(17)22/h3-10,15-16H,11-14H2,1-2H3,(H,26,30)/b21-15-. The van der Waals surface area contributed by atoms with Gasteiger partial charge in [0, 0.05) is 55.9 Å². The zero-order valence-corrected chi connectivity index (χ0v) is 18.4. The molecule has 0 atom stereocenters. The van der Waals surface area contributed by atoms with Gasteiger partial charge in [-0.25, -0.2) is 0 Å². The minimum atomic E-state index is -0.403. The summed E-state index contributed by atoms with van der Waals surface area (Å²) >= 11 is 6.20. The molecule has 6 nitrogen and oxygen atoms in total. The fraction of sp³-hybridized carbons (Fsp3) is 0.250. The summed E-state index contributed by atoms with van der Waals surface area (Å²) in [5.41, 5.74) is 2.50. The van der Waals surface area contributed by atoms with Crippen molar-refractivity contribution in [3.63, 3.8) is 0 Å². The first-order valence-corrected chi connectivity index (χ1v) is 10.6. The SMILES string of the molecule is CN1CCN(C(=O)/C(=C/c2cn(C)c3ccccc23)NC(=O)c2ccccc2Cl)CC1. The third-order valence-electron chi connectivity index (χ3n) is 5.62. The molecule has 0 saturated carbocycles. The molecule has 1 aliphatic heterocycles. The van der Waals surface area contributed by atoms with Crippen LogP contribution in [0.1, 0.15) is 15.9 Å². The van der Waals surface area contributed by atoms with E-state index < -0.39 is 5.91 Å². The monoisotopic (exact) mass is 436 g/mol. The maximum Gasteiger partial charge on any atom is 0.270 e. The number of rotatable bonds is 4. The summed E-state index contributed by atoms with van der Waals surface area (Å²) in [7, 11) is 4.00. The molecule has 2 heterocycles. The van der Waals surface area contributed by atoms with Crippen molar-refractivity contribution in [3.8, 4) is 0 Å². The smallest absolute Gasteiger partial charge is 0.270 e. The predicted octanol–water partition coefficient (Wildman–Crippen LogP) is 3.38. The van der Waals surface area contributed by atoms with Crippen LogP contribution in [0.25, 0.3) is 17.0 Å². The number of likely N-dealkylation sites (N-methyl/N-ethyl adjacent to an activating group) is 1. The Kier molecular flexibility index (Phi) is 6.11. The average Bonchev–Trinajstić information content (AvgIpc) is 3.09. The number of nitrogens with one attached hydrogen (secondary N) is 1. The van der Waals surface area contributed by atoms with E-state index in [4.69, 9.17) is 11.6 Å². The van der Waals surface area contributed by atoms with E-state index in [1.807, 2.05) is 49.1 Å². The first-order chi connectivity index (χ1) is 14.9. The highest BCUT2D eigenvalue weighted by molar-refractivity contribution is 6.34. The van der Waals surface area contributed by atoms with Gasteiger partial charge < -0.3 is 19.7 Å². The number of amides is 2. The van der Waals surface area contributed by atoms with Crippen molar-refractivity contribution < 1.29 is 9.59 Å². The fourth-order valence-corrected chi connectivity index (χ4v) is 4.03. The Balaban J connectivity index is 1.71. The van der Waals surface area contributed by atoms with Gasteiger partial charge >= 0.3 is 0 Å². The van der Waals surface area contributed by atoms with Crippen LogP contribution < -0.4 is 5.32 Å². The second-order valence-corrected chi connectivity index (χ2v) is 8.21. The van der Waals surface area contributed by atoms with Gasteiger partial charge in [-0.05, 0) is 31.3 Å². The van der Waals surface area contributed by atoms with Gasteiger partial charge in [0.15, 0.2) is 0 Å². The molecule has 0 spiro atoms. The van der Waals surface area contributed by atoms with Crippen LogP contribution in [0, 0.1) is 0 Å². The van der Waals surface area contributed by atoms with Crippen molar-refractivity contribution in [3.05, 3.63) is 76.6 Å². The highest BCUT2D eigenvalue weighted by Gasteiger charge is 2.24. The van der Waals surface area contributed by atoms with E-state index >= 15 is 0 Å². The van der Waals surface area contributed by atoms with E-state index in [0.29, 0.717) is 23.7 Å². The van der Waals surface area contributed by atoms with E-state index in [9.17, 15) is 9.59 Å². The minimum absolute atomic E-state index is 0.193. The van der Waals surface area contributed by atoms with Crippen molar-refractivity contribution in [1.29, 1.82) is 0 Å². The molecule has 0 radical (unpaired) electrons. The van der Waals surface area contributed by atoms with E-state index in [1.54, 1.807) is 35.2 Å². The number of nitrogens with zero attached hydrogens (tertiary/aromatic N) is 3. The first kappa shape index (κ1) is 21.2. The number of piperazine rings is 1. The molecule has 7 heteroatoms. The highest BCUT2D eigenvalue weighted by Crippen LogP contribution is 2.23. The largest absolute Gasteiger partial charge is 0.350 e. The molecule has 4 rings (SSSR count). The normalized spacial score (nSPS) is 15.3. The molecule has 160 valence electrons. The molecular formula is C24H25ClN4O2. The summed E-state index contributed by atoms with van der Waals surface area (Å²) in [4.78, 5) is 30.3. The van der Waals surface area contributed by atoms with Gasteiger partial charge in [-0.2, -0.15) is 0 Å². The van der Waals surface area contributed by atoms with Gasteiger partial charge in [0.05, 0.1) is 10.6 Å². The number of hydrogen-bond acceptors (Lipinski definition) is 3. The topological polar surface area (TPSA) is 57.6 Å². The summed E-state index contributed by atoms with van der Waals surface area (Å²) in [6, 6.07) is 14.8. The molecule has 31 heavy (non-hydrogen) atoms. The maximum atomic E-state index is 13.4. The lowest BCUT2D eigenvalue weighted by Gasteiger charge is -2.33. The molecule has 1 N–H and O–H groups in total. The number of benzene rings is 2. The molecule has 1 aliphatic rings. The van der Waals surface area contributed by atoms with Crippen molar-refractivity contribution in [2.24, 2.45) is 7.05 Å². The lowest BCUT2D eigenvalue weighted by atomic mass is 10.1. The molecule has 0 bridgehead atoms. The van der Waals surface area contributed by atoms with Gasteiger partial charge in [-0.1, -0.05) is 41.9 Å². The number of para-hydroxylation sites is 1. The van der Waals surface area contributed by atoms with Gasteiger partial charge in [-0.3, -0.25) is 9.59 Å². The maximum absolute atomic E-state index is 13.4. The molecule has 2 amide bonds. The number of halogens is 1. The zero-order chi connectivity index (χ0) is 22.0. The minimum Gasteiger partial charge on any atom is -0.350 e. The van der Waals surface area contributed by atoms with Gasteiger partial charge in [0.1, 0.15) is 5.70 Å². The van der Waals surface area contributed by atoms with Crippen LogP contribution in [-0.2, 0) is 11.8 Å². The zero-order valence-electron chi connectivity index (χ0n) is 17.6. The number of aromatic nitrogens is 1. The van der Waals surface area contributed by atoms with Crippen LogP contribution >= 0.6 is 11.6 Å². The second-order valence-electron chi connectivity index (χ2n) is 7.80. The van der Waals surface area contributed by atoms with Gasteiger partial charge in [-0.15, -0.1) is 0 Å². The molecule has 0 aliphatic carbocycles. The van der Waals surface area contributed by atoms with E-state index in [1.165, 1.54) is 0 Å². The lowest BCUT2D eigenvalue weighted by molar-refractivity contribution is -0.128. The van der Waals surface area contributed by atoms with Crippen LogP contribution in [0.4, 0.5) is 0 Å². The molecule has 1 saturated heterocycles. The highest BCUT2D eigenvalue weighted by atomic mass is 35.5. The lowest BCUT2D eigenvalue weighted by Crippen LogP contribution is -2.49. The van der Waals surface area contributed by atoms with Crippen molar-refractivity contribution in [2.75, 3.05) is 33.2 Å². The fourth-order valence-electron chi connectivity index (χ4n) is 3.81. The average molecular weight is 437 g/mol. The van der Waals surface area contributed by atoms with Gasteiger partial charge in [0.2, 0.25) is 0 Å². The van der Waals surface area contributed by atoms with Crippen molar-refractivity contribution in [1.82, 2.24) is 19.7 Å². The molecule has 2 aromatic carbocycles. The summed E-state index contributed by atoms with van der Waals surface area (Å²) in [6.45, 7) is 2.83. The number of fused-ring (bicyclic) bond motifs is 1. The Labute approximate surface area is 186 Å². The van der Waals surface area contributed by atoms with Crippen LogP contribution in [0.3, 0.4) is 0 Å².